The topological polar surface area (TPSA) is 65.6 Å². The van der Waals surface area contributed by atoms with Gasteiger partial charge in [-0.15, -0.1) is 0 Å². The standard InChI is InChI=1S/C38H30ClN3O3S/c1-3-45-37(44)33-34(26-12-6-4-7-13-26)40-38-42(35(33)27-14-8-5-9-15-27)36(43)32(46-38)22-30-24(2)41(31-17-11-10-16-29(30)31)23-25-18-20-28(39)21-19-25/h4-22,35H,3,23H2,1-2H3/b32-22-/t35-/m0/s1. The van der Waals surface area contributed by atoms with E-state index in [0.717, 1.165) is 38.9 Å². The molecule has 0 amide bonds. The van der Waals surface area contributed by atoms with Crippen molar-refractivity contribution >= 4 is 51.6 Å². The van der Waals surface area contributed by atoms with E-state index in [2.05, 4.69) is 23.6 Å². The Kier molecular flexibility index (Phi) is 8.03. The van der Waals surface area contributed by atoms with Gasteiger partial charge < -0.3 is 9.30 Å². The lowest BCUT2D eigenvalue weighted by Gasteiger charge is -2.25. The van der Waals surface area contributed by atoms with E-state index in [4.69, 9.17) is 21.3 Å². The summed E-state index contributed by atoms with van der Waals surface area (Å²) >= 11 is 7.48. The Morgan fingerprint density at radius 2 is 1.61 bits per heavy atom. The number of aromatic nitrogens is 2. The van der Waals surface area contributed by atoms with Gasteiger partial charge in [0, 0.05) is 39.3 Å². The zero-order valence-electron chi connectivity index (χ0n) is 25.3. The number of para-hydroxylation sites is 1. The summed E-state index contributed by atoms with van der Waals surface area (Å²) in [5, 5.41) is 1.75. The Bertz CT molecular complexity index is 2300. The van der Waals surface area contributed by atoms with E-state index in [-0.39, 0.29) is 12.2 Å². The van der Waals surface area contributed by atoms with Crippen molar-refractivity contribution in [3.63, 3.8) is 0 Å². The molecule has 1 aliphatic rings. The van der Waals surface area contributed by atoms with Crippen molar-refractivity contribution in [1.82, 2.24) is 9.13 Å². The highest BCUT2D eigenvalue weighted by atomic mass is 35.5. The molecular weight excluding hydrogens is 614 g/mol. The maximum atomic E-state index is 14.4. The molecule has 3 heterocycles. The first kappa shape index (κ1) is 29.7. The van der Waals surface area contributed by atoms with Crippen LogP contribution in [0, 0.1) is 6.92 Å². The molecule has 4 aromatic carbocycles. The predicted molar refractivity (Wildman–Crippen MR) is 185 cm³/mol. The lowest BCUT2D eigenvalue weighted by atomic mass is 9.93. The molecule has 0 fully saturated rings. The normalized spacial score (nSPS) is 14.8. The van der Waals surface area contributed by atoms with Gasteiger partial charge in [0.2, 0.25) is 0 Å². The molecule has 0 saturated carbocycles. The summed E-state index contributed by atoms with van der Waals surface area (Å²) in [4.78, 5) is 33.6. The van der Waals surface area contributed by atoms with Crippen molar-refractivity contribution in [3.05, 3.63) is 167 Å². The molecule has 0 bridgehead atoms. The first-order valence-corrected chi connectivity index (χ1v) is 16.3. The SMILES string of the molecule is CCOC(=O)C1=C(c2ccccc2)N=c2s/c(=C\c3c(C)n(Cc4ccc(Cl)cc4)c4ccccc34)c(=O)n2[C@H]1c1ccccc1. The van der Waals surface area contributed by atoms with E-state index in [0.29, 0.717) is 32.2 Å². The van der Waals surface area contributed by atoms with Crippen LogP contribution in [-0.2, 0) is 16.1 Å². The van der Waals surface area contributed by atoms with Crippen molar-refractivity contribution in [2.75, 3.05) is 6.61 Å². The maximum Gasteiger partial charge on any atom is 0.338 e. The molecule has 0 aliphatic carbocycles. The summed E-state index contributed by atoms with van der Waals surface area (Å²) in [7, 11) is 0. The van der Waals surface area contributed by atoms with Crippen LogP contribution in [-0.4, -0.2) is 21.7 Å². The van der Waals surface area contributed by atoms with E-state index >= 15 is 0 Å². The minimum absolute atomic E-state index is 0.204. The summed E-state index contributed by atoms with van der Waals surface area (Å²) in [5.74, 6) is -0.491. The molecule has 0 radical (unpaired) electrons. The highest BCUT2D eigenvalue weighted by Gasteiger charge is 2.35. The molecule has 8 heteroatoms. The average molecular weight is 644 g/mol. The lowest BCUT2D eigenvalue weighted by molar-refractivity contribution is -0.138. The van der Waals surface area contributed by atoms with E-state index in [1.54, 1.807) is 11.5 Å². The zero-order chi connectivity index (χ0) is 31.8. The third-order valence-electron chi connectivity index (χ3n) is 8.30. The van der Waals surface area contributed by atoms with Gasteiger partial charge in [-0.1, -0.05) is 114 Å². The number of esters is 1. The molecule has 46 heavy (non-hydrogen) atoms. The van der Waals surface area contributed by atoms with Gasteiger partial charge in [0.1, 0.15) is 0 Å². The number of nitrogens with zero attached hydrogens (tertiary/aromatic N) is 3. The molecule has 0 saturated heterocycles. The summed E-state index contributed by atoms with van der Waals surface area (Å²) in [6, 6.07) is 34.6. The molecule has 1 aliphatic heterocycles. The molecule has 228 valence electrons. The van der Waals surface area contributed by atoms with Crippen molar-refractivity contribution in [1.29, 1.82) is 0 Å². The van der Waals surface area contributed by atoms with Crippen LogP contribution in [0.15, 0.2) is 125 Å². The van der Waals surface area contributed by atoms with Crippen LogP contribution < -0.4 is 14.9 Å². The van der Waals surface area contributed by atoms with Crippen molar-refractivity contribution in [2.24, 2.45) is 4.99 Å². The molecule has 6 nitrogen and oxygen atoms in total. The third-order valence-corrected chi connectivity index (χ3v) is 9.53. The number of thiazole rings is 1. The van der Waals surface area contributed by atoms with Crippen molar-refractivity contribution in [2.45, 2.75) is 26.4 Å². The highest BCUT2D eigenvalue weighted by Crippen LogP contribution is 2.35. The second kappa shape index (κ2) is 12.4. The smallest absolute Gasteiger partial charge is 0.338 e. The summed E-state index contributed by atoms with van der Waals surface area (Å²) < 4.78 is 10.0. The molecule has 6 aromatic rings. The molecule has 0 N–H and O–H groups in total. The first-order valence-electron chi connectivity index (χ1n) is 15.1. The first-order chi connectivity index (χ1) is 22.4. The van der Waals surface area contributed by atoms with Crippen LogP contribution in [0.5, 0.6) is 0 Å². The molecule has 7 rings (SSSR count). The largest absolute Gasteiger partial charge is 0.463 e. The Hall–Kier alpha value is -4.98. The van der Waals surface area contributed by atoms with Gasteiger partial charge in [-0.3, -0.25) is 9.36 Å². The number of hydrogen-bond donors (Lipinski definition) is 0. The number of rotatable bonds is 7. The van der Waals surface area contributed by atoms with E-state index < -0.39 is 12.0 Å². The summed E-state index contributed by atoms with van der Waals surface area (Å²) in [6.45, 7) is 4.72. The second-order valence-electron chi connectivity index (χ2n) is 11.1. The minimum Gasteiger partial charge on any atom is -0.463 e. The Morgan fingerprint density at radius 1 is 0.935 bits per heavy atom. The van der Waals surface area contributed by atoms with E-state index in [1.165, 1.54) is 11.3 Å². The fourth-order valence-electron chi connectivity index (χ4n) is 6.14. The van der Waals surface area contributed by atoms with Crippen LogP contribution in [0.25, 0.3) is 22.7 Å². The van der Waals surface area contributed by atoms with Gasteiger partial charge in [0.15, 0.2) is 4.80 Å². The second-order valence-corrected chi connectivity index (χ2v) is 12.5. The molecule has 1 atom stereocenters. The van der Waals surface area contributed by atoms with Gasteiger partial charge in [-0.2, -0.15) is 0 Å². The number of ether oxygens (including phenoxy) is 1. The van der Waals surface area contributed by atoms with Crippen LogP contribution in [0.4, 0.5) is 0 Å². The predicted octanol–water partition coefficient (Wildman–Crippen LogP) is 6.90. The number of carbonyl (C=O) groups excluding carboxylic acids is 1. The van der Waals surface area contributed by atoms with Gasteiger partial charge in [-0.05, 0) is 49.2 Å². The zero-order valence-corrected chi connectivity index (χ0v) is 26.9. The molecule has 2 aromatic heterocycles. The minimum atomic E-state index is -0.707. The van der Waals surface area contributed by atoms with Crippen LogP contribution in [0.2, 0.25) is 5.02 Å². The van der Waals surface area contributed by atoms with E-state index in [1.807, 2.05) is 103 Å². The third kappa shape index (κ3) is 5.31. The molecule has 0 spiro atoms. The van der Waals surface area contributed by atoms with Crippen LogP contribution in [0.1, 0.15) is 40.9 Å². The fraction of sp³-hybridized carbons (Fsp3) is 0.132. The average Bonchev–Trinajstić information content (AvgIpc) is 3.54. The Balaban J connectivity index is 1.46. The number of halogens is 1. The quantitative estimate of drug-likeness (QED) is 0.178. The Morgan fingerprint density at radius 3 is 2.33 bits per heavy atom. The monoisotopic (exact) mass is 643 g/mol. The van der Waals surface area contributed by atoms with E-state index in [9.17, 15) is 9.59 Å². The van der Waals surface area contributed by atoms with Crippen LogP contribution in [0.3, 0.4) is 0 Å². The maximum absolute atomic E-state index is 14.4. The number of hydrogen-bond acceptors (Lipinski definition) is 5. The number of carbonyl (C=O) groups is 1. The Labute approximate surface area is 274 Å². The summed E-state index contributed by atoms with van der Waals surface area (Å²) in [5.41, 5.74) is 6.44. The number of fused-ring (bicyclic) bond motifs is 2. The van der Waals surface area contributed by atoms with Gasteiger partial charge in [-0.25, -0.2) is 9.79 Å². The highest BCUT2D eigenvalue weighted by molar-refractivity contribution is 7.07. The fourth-order valence-corrected chi connectivity index (χ4v) is 7.25. The molecule has 0 unspecified atom stereocenters. The van der Waals surface area contributed by atoms with Crippen molar-refractivity contribution < 1.29 is 9.53 Å². The number of benzene rings is 4. The van der Waals surface area contributed by atoms with Crippen LogP contribution >= 0.6 is 22.9 Å². The summed E-state index contributed by atoms with van der Waals surface area (Å²) in [6.07, 6.45) is 1.97. The molecular formula is C38H30ClN3O3S. The van der Waals surface area contributed by atoms with Gasteiger partial charge >= 0.3 is 5.97 Å². The van der Waals surface area contributed by atoms with Gasteiger partial charge in [0.25, 0.3) is 5.56 Å². The lowest BCUT2D eigenvalue weighted by Crippen LogP contribution is -2.40. The van der Waals surface area contributed by atoms with Crippen molar-refractivity contribution in [3.8, 4) is 0 Å². The van der Waals surface area contributed by atoms with Gasteiger partial charge in [0.05, 0.1) is 28.5 Å².